The van der Waals surface area contributed by atoms with E-state index in [1.165, 1.54) is 12.1 Å². The molecule has 1 atom stereocenters. The Kier molecular flexibility index (Phi) is 7.25. The van der Waals surface area contributed by atoms with E-state index in [-0.39, 0.29) is 18.2 Å². The van der Waals surface area contributed by atoms with Crippen molar-refractivity contribution in [2.75, 3.05) is 13.2 Å². The maximum Gasteiger partial charge on any atom is 0.335 e. The van der Waals surface area contributed by atoms with Crippen molar-refractivity contribution in [3.8, 4) is 0 Å². The quantitative estimate of drug-likeness (QED) is 0.585. The van der Waals surface area contributed by atoms with Crippen LogP contribution in [0, 0.1) is 5.92 Å². The zero-order chi connectivity index (χ0) is 15.7. The molecule has 0 heterocycles. The predicted octanol–water partition coefficient (Wildman–Crippen LogP) is 1.59. The Bertz CT molecular complexity index is 459. The van der Waals surface area contributed by atoms with Gasteiger partial charge in [0.15, 0.2) is 0 Å². The van der Waals surface area contributed by atoms with Crippen LogP contribution in [0.5, 0.6) is 0 Å². The maximum atomic E-state index is 11.6. The lowest BCUT2D eigenvalue weighted by molar-refractivity contribution is 0.0697. The number of carboxylic acids is 1. The molecule has 0 bridgehead atoms. The number of hydrogen-bond donors (Lipinski definition) is 4. The number of urea groups is 1. The number of aliphatic hydroxyl groups excluding tert-OH is 1. The first-order chi connectivity index (χ1) is 10.0. The molecular formula is C15H22N2O4. The molecule has 1 rings (SSSR count). The highest BCUT2D eigenvalue weighted by molar-refractivity contribution is 5.87. The van der Waals surface area contributed by atoms with Crippen molar-refractivity contribution in [3.63, 3.8) is 0 Å². The first kappa shape index (κ1) is 17.0. The first-order valence-corrected chi connectivity index (χ1v) is 6.97. The zero-order valence-corrected chi connectivity index (χ0v) is 12.1. The van der Waals surface area contributed by atoms with E-state index in [0.29, 0.717) is 19.0 Å². The van der Waals surface area contributed by atoms with E-state index in [2.05, 4.69) is 10.6 Å². The van der Waals surface area contributed by atoms with Crippen molar-refractivity contribution < 1.29 is 19.8 Å². The van der Waals surface area contributed by atoms with Gasteiger partial charge in [0.1, 0.15) is 0 Å². The highest BCUT2D eigenvalue weighted by Gasteiger charge is 2.06. The molecule has 1 unspecified atom stereocenters. The number of aliphatic hydroxyl groups is 1. The number of carboxylic acid groups (broad SMARTS) is 1. The van der Waals surface area contributed by atoms with E-state index in [1.54, 1.807) is 12.1 Å². The van der Waals surface area contributed by atoms with Crippen LogP contribution < -0.4 is 10.6 Å². The monoisotopic (exact) mass is 294 g/mol. The topological polar surface area (TPSA) is 98.7 Å². The molecular weight excluding hydrogens is 272 g/mol. The normalized spacial score (nSPS) is 11.7. The van der Waals surface area contributed by atoms with Crippen molar-refractivity contribution >= 4 is 12.0 Å². The molecule has 0 aliphatic heterocycles. The second-order valence-corrected chi connectivity index (χ2v) is 5.04. The van der Waals surface area contributed by atoms with Crippen LogP contribution in [0.2, 0.25) is 0 Å². The van der Waals surface area contributed by atoms with Crippen molar-refractivity contribution in [1.82, 2.24) is 10.6 Å². The molecule has 21 heavy (non-hydrogen) atoms. The molecule has 0 saturated heterocycles. The van der Waals surface area contributed by atoms with Crippen molar-refractivity contribution in [2.45, 2.75) is 26.3 Å². The van der Waals surface area contributed by atoms with E-state index in [9.17, 15) is 9.59 Å². The molecule has 0 aliphatic carbocycles. The van der Waals surface area contributed by atoms with Crippen LogP contribution in [0.15, 0.2) is 24.3 Å². The number of carbonyl (C=O) groups is 2. The summed E-state index contributed by atoms with van der Waals surface area (Å²) in [5.41, 5.74) is 1.06. The lowest BCUT2D eigenvalue weighted by atomic mass is 10.1. The molecule has 6 heteroatoms. The number of carbonyl (C=O) groups excluding carboxylic acids is 1. The second kappa shape index (κ2) is 8.97. The van der Waals surface area contributed by atoms with Gasteiger partial charge in [0, 0.05) is 19.7 Å². The van der Waals surface area contributed by atoms with Crippen LogP contribution in [0.4, 0.5) is 4.79 Å². The molecule has 4 N–H and O–H groups in total. The fourth-order valence-electron chi connectivity index (χ4n) is 1.82. The lowest BCUT2D eigenvalue weighted by Gasteiger charge is -2.12. The Morgan fingerprint density at radius 2 is 1.86 bits per heavy atom. The van der Waals surface area contributed by atoms with Gasteiger partial charge in [-0.15, -0.1) is 0 Å². The molecule has 2 amide bonds. The first-order valence-electron chi connectivity index (χ1n) is 6.97. The molecule has 6 nitrogen and oxygen atoms in total. The van der Waals surface area contributed by atoms with Crippen LogP contribution in [-0.2, 0) is 6.54 Å². The van der Waals surface area contributed by atoms with E-state index < -0.39 is 5.97 Å². The summed E-state index contributed by atoms with van der Waals surface area (Å²) in [4.78, 5) is 22.3. The van der Waals surface area contributed by atoms with Gasteiger partial charge in [-0.2, -0.15) is 0 Å². The van der Waals surface area contributed by atoms with E-state index in [0.717, 1.165) is 18.4 Å². The molecule has 0 aromatic heterocycles. The molecule has 1 aromatic rings. The molecule has 0 radical (unpaired) electrons. The average molecular weight is 294 g/mol. The van der Waals surface area contributed by atoms with Crippen LogP contribution in [0.1, 0.15) is 35.7 Å². The molecule has 0 aliphatic rings. The number of aromatic carboxylic acids is 1. The summed E-state index contributed by atoms with van der Waals surface area (Å²) in [7, 11) is 0. The van der Waals surface area contributed by atoms with Gasteiger partial charge in [0.05, 0.1) is 5.56 Å². The lowest BCUT2D eigenvalue weighted by Crippen LogP contribution is -2.37. The smallest absolute Gasteiger partial charge is 0.335 e. The van der Waals surface area contributed by atoms with E-state index in [4.69, 9.17) is 10.2 Å². The summed E-state index contributed by atoms with van der Waals surface area (Å²) >= 11 is 0. The van der Waals surface area contributed by atoms with Crippen molar-refractivity contribution in [2.24, 2.45) is 5.92 Å². The van der Waals surface area contributed by atoms with Crippen LogP contribution in [0.25, 0.3) is 0 Å². The third-order valence-electron chi connectivity index (χ3n) is 3.12. The zero-order valence-electron chi connectivity index (χ0n) is 12.1. The number of nitrogens with one attached hydrogen (secondary N) is 2. The average Bonchev–Trinajstić information content (AvgIpc) is 2.49. The minimum Gasteiger partial charge on any atom is -0.478 e. The standard InChI is InChI=1S/C15H22N2O4/c1-11(3-2-8-18)9-16-15(21)17-10-12-4-6-13(7-5-12)14(19)20/h4-7,11,18H,2-3,8-10H2,1H3,(H,19,20)(H2,16,17,21). The number of rotatable bonds is 8. The minimum absolute atomic E-state index is 0.170. The Morgan fingerprint density at radius 1 is 1.19 bits per heavy atom. The maximum absolute atomic E-state index is 11.6. The SMILES string of the molecule is CC(CCCO)CNC(=O)NCc1ccc(C(=O)O)cc1. The Hall–Kier alpha value is -2.08. The van der Waals surface area contributed by atoms with Gasteiger partial charge < -0.3 is 20.8 Å². The molecule has 0 spiro atoms. The van der Waals surface area contributed by atoms with E-state index >= 15 is 0 Å². The van der Waals surface area contributed by atoms with Gasteiger partial charge in [-0.3, -0.25) is 0 Å². The van der Waals surface area contributed by atoms with Gasteiger partial charge in [-0.25, -0.2) is 9.59 Å². The van der Waals surface area contributed by atoms with Crippen LogP contribution in [0.3, 0.4) is 0 Å². The van der Waals surface area contributed by atoms with Gasteiger partial charge in [0.25, 0.3) is 0 Å². The van der Waals surface area contributed by atoms with Gasteiger partial charge in [0.2, 0.25) is 0 Å². The molecule has 1 aromatic carbocycles. The highest BCUT2D eigenvalue weighted by atomic mass is 16.4. The summed E-state index contributed by atoms with van der Waals surface area (Å²) in [6, 6.07) is 6.11. The molecule has 116 valence electrons. The van der Waals surface area contributed by atoms with Gasteiger partial charge in [-0.05, 0) is 36.5 Å². The largest absolute Gasteiger partial charge is 0.478 e. The second-order valence-electron chi connectivity index (χ2n) is 5.04. The number of amides is 2. The van der Waals surface area contributed by atoms with E-state index in [1.807, 2.05) is 6.92 Å². The van der Waals surface area contributed by atoms with Crippen LogP contribution in [-0.4, -0.2) is 35.4 Å². The number of benzene rings is 1. The number of hydrogen-bond acceptors (Lipinski definition) is 3. The summed E-state index contributed by atoms with van der Waals surface area (Å²) < 4.78 is 0. The third kappa shape index (κ3) is 6.76. The highest BCUT2D eigenvalue weighted by Crippen LogP contribution is 2.05. The Balaban J connectivity index is 2.28. The predicted molar refractivity (Wildman–Crippen MR) is 79.1 cm³/mol. The fourth-order valence-corrected chi connectivity index (χ4v) is 1.82. The van der Waals surface area contributed by atoms with Crippen molar-refractivity contribution in [1.29, 1.82) is 0 Å². The minimum atomic E-state index is -0.968. The van der Waals surface area contributed by atoms with Crippen molar-refractivity contribution in [3.05, 3.63) is 35.4 Å². The Morgan fingerprint density at radius 3 is 2.43 bits per heavy atom. The summed E-state index contributed by atoms with van der Waals surface area (Å²) in [6.45, 7) is 3.09. The summed E-state index contributed by atoms with van der Waals surface area (Å²) in [6.07, 6.45) is 1.60. The van der Waals surface area contributed by atoms with Crippen LogP contribution >= 0.6 is 0 Å². The molecule has 0 fully saturated rings. The summed E-state index contributed by atoms with van der Waals surface area (Å²) in [5, 5.41) is 23.0. The third-order valence-corrected chi connectivity index (χ3v) is 3.12. The fraction of sp³-hybridized carbons (Fsp3) is 0.467. The molecule has 0 saturated carbocycles. The summed E-state index contributed by atoms with van der Waals surface area (Å²) in [5.74, 6) is -0.651. The van der Waals surface area contributed by atoms with Gasteiger partial charge >= 0.3 is 12.0 Å². The Labute approximate surface area is 124 Å². The van der Waals surface area contributed by atoms with Gasteiger partial charge in [-0.1, -0.05) is 19.1 Å².